The van der Waals surface area contributed by atoms with Gasteiger partial charge in [0.2, 0.25) is 0 Å². The average molecular weight is 496 g/mol. The molecular weight excluding hydrogens is 473 g/mol. The van der Waals surface area contributed by atoms with Gasteiger partial charge in [0.15, 0.2) is 0 Å². The van der Waals surface area contributed by atoms with Crippen LogP contribution in [0.4, 0.5) is 21.7 Å². The Morgan fingerprint density at radius 2 is 1.97 bits per heavy atom. The van der Waals surface area contributed by atoms with Crippen molar-refractivity contribution in [3.05, 3.63) is 63.9 Å². The van der Waals surface area contributed by atoms with E-state index >= 15 is 0 Å². The molecule has 1 aromatic carbocycles. The van der Waals surface area contributed by atoms with Gasteiger partial charge in [0.1, 0.15) is 29.5 Å². The number of halogens is 2. The number of hydrogen-bond donors (Lipinski definition) is 3. The quantitative estimate of drug-likeness (QED) is 0.478. The zero-order valence-electron chi connectivity index (χ0n) is 19.2. The van der Waals surface area contributed by atoms with Gasteiger partial charge in [0.05, 0.1) is 16.2 Å². The van der Waals surface area contributed by atoms with Crippen molar-refractivity contribution in [1.82, 2.24) is 24.8 Å². The molecule has 0 saturated carbocycles. The Morgan fingerprint density at radius 3 is 2.71 bits per heavy atom. The summed E-state index contributed by atoms with van der Waals surface area (Å²) in [5.41, 5.74) is 3.25. The van der Waals surface area contributed by atoms with E-state index in [0.717, 1.165) is 18.7 Å². The third-order valence-electron chi connectivity index (χ3n) is 6.14. The van der Waals surface area contributed by atoms with Gasteiger partial charge in [-0.05, 0) is 49.9 Å². The molecule has 3 aromatic rings. The molecule has 1 saturated heterocycles. The molecule has 4 heterocycles. The summed E-state index contributed by atoms with van der Waals surface area (Å²) in [6.45, 7) is 4.86. The Morgan fingerprint density at radius 1 is 1.20 bits per heavy atom. The maximum atomic E-state index is 13.6. The monoisotopic (exact) mass is 495 g/mol. The lowest BCUT2D eigenvalue weighted by Gasteiger charge is -2.32. The number of carbonyl (C=O) groups is 2. The Labute approximate surface area is 206 Å². The van der Waals surface area contributed by atoms with E-state index in [-0.39, 0.29) is 16.8 Å². The molecule has 0 aliphatic carbocycles. The van der Waals surface area contributed by atoms with Gasteiger partial charge in [-0.2, -0.15) is 0 Å². The molecule has 0 radical (unpaired) electrons. The van der Waals surface area contributed by atoms with Gasteiger partial charge in [-0.1, -0.05) is 11.6 Å². The van der Waals surface area contributed by atoms with Gasteiger partial charge in [-0.25, -0.2) is 14.4 Å². The number of fused-ring (bicyclic) bond motifs is 1. The number of anilines is 3. The van der Waals surface area contributed by atoms with Crippen molar-refractivity contribution >= 4 is 52.4 Å². The van der Waals surface area contributed by atoms with Crippen LogP contribution in [0, 0.1) is 12.7 Å². The van der Waals surface area contributed by atoms with Crippen LogP contribution < -0.4 is 10.6 Å². The van der Waals surface area contributed by atoms with E-state index in [9.17, 15) is 14.0 Å². The highest BCUT2D eigenvalue weighted by Crippen LogP contribution is 2.37. The summed E-state index contributed by atoms with van der Waals surface area (Å²) in [6, 6.07) is 5.99. The molecule has 2 aliphatic rings. The molecule has 0 spiro atoms. The van der Waals surface area contributed by atoms with Crippen LogP contribution in [0.2, 0.25) is 5.02 Å². The van der Waals surface area contributed by atoms with E-state index in [1.807, 2.05) is 18.9 Å². The first-order valence-corrected chi connectivity index (χ1v) is 11.5. The van der Waals surface area contributed by atoms with Crippen LogP contribution in [0.25, 0.3) is 11.6 Å². The Balaban J connectivity index is 1.47. The van der Waals surface area contributed by atoms with E-state index in [4.69, 9.17) is 11.6 Å². The van der Waals surface area contributed by atoms with Crippen molar-refractivity contribution in [3.63, 3.8) is 0 Å². The van der Waals surface area contributed by atoms with Crippen LogP contribution in [0.15, 0.2) is 30.6 Å². The molecule has 180 valence electrons. The number of hydrogen-bond acceptors (Lipinski definition) is 6. The summed E-state index contributed by atoms with van der Waals surface area (Å²) in [5.74, 6) is -0.237. The molecule has 9 nitrogen and oxygen atoms in total. The summed E-state index contributed by atoms with van der Waals surface area (Å²) in [7, 11) is 2.03. The Hall–Kier alpha value is -3.76. The molecule has 35 heavy (non-hydrogen) atoms. The number of H-pyrrole nitrogens is 1. The fourth-order valence-electron chi connectivity index (χ4n) is 4.13. The van der Waals surface area contributed by atoms with Crippen molar-refractivity contribution in [2.24, 2.45) is 0 Å². The van der Waals surface area contributed by atoms with Crippen LogP contribution in [0.1, 0.15) is 27.3 Å². The zero-order chi connectivity index (χ0) is 24.7. The number of aromatic nitrogens is 3. The normalized spacial score (nSPS) is 17.0. The predicted octanol–water partition coefficient (Wildman–Crippen LogP) is 3.53. The van der Waals surface area contributed by atoms with Gasteiger partial charge in [0.25, 0.3) is 11.8 Å². The van der Waals surface area contributed by atoms with E-state index in [1.54, 1.807) is 12.1 Å². The SMILES string of the molecule is Cc1cc(C(=O)N2CCN(C)CC2)[nH]c1C=C1C(=O)Nc2ncnc(Nc3ccc(F)c(Cl)c3)c21. The smallest absolute Gasteiger partial charge is 0.270 e. The number of rotatable bonds is 4. The first-order chi connectivity index (χ1) is 16.8. The number of piperazine rings is 1. The summed E-state index contributed by atoms with van der Waals surface area (Å²) in [5, 5.41) is 5.79. The van der Waals surface area contributed by atoms with Gasteiger partial charge in [0, 0.05) is 37.6 Å². The molecule has 2 aromatic heterocycles. The van der Waals surface area contributed by atoms with Crippen molar-refractivity contribution in [1.29, 1.82) is 0 Å². The molecule has 0 bridgehead atoms. The van der Waals surface area contributed by atoms with Crippen LogP contribution in [-0.2, 0) is 4.79 Å². The maximum Gasteiger partial charge on any atom is 0.270 e. The molecule has 0 unspecified atom stereocenters. The summed E-state index contributed by atoms with van der Waals surface area (Å²) >= 11 is 5.90. The lowest BCUT2D eigenvalue weighted by molar-refractivity contribution is -0.110. The zero-order valence-corrected chi connectivity index (χ0v) is 19.9. The first kappa shape index (κ1) is 23.0. The van der Waals surface area contributed by atoms with Gasteiger partial charge >= 0.3 is 0 Å². The van der Waals surface area contributed by atoms with Gasteiger partial charge < -0.3 is 25.4 Å². The van der Waals surface area contributed by atoms with Crippen molar-refractivity contribution in [2.75, 3.05) is 43.9 Å². The van der Waals surface area contributed by atoms with Crippen molar-refractivity contribution < 1.29 is 14.0 Å². The Bertz CT molecular complexity index is 1360. The van der Waals surface area contributed by atoms with Crippen LogP contribution in [-0.4, -0.2) is 69.8 Å². The number of aryl methyl sites for hydroxylation is 1. The van der Waals surface area contributed by atoms with Crippen LogP contribution in [0.5, 0.6) is 0 Å². The maximum absolute atomic E-state index is 13.6. The van der Waals surface area contributed by atoms with Crippen molar-refractivity contribution in [2.45, 2.75) is 6.92 Å². The molecule has 2 aliphatic heterocycles. The fourth-order valence-corrected chi connectivity index (χ4v) is 4.31. The fraction of sp³-hybridized carbons (Fsp3) is 0.250. The number of aromatic amines is 1. The highest BCUT2D eigenvalue weighted by molar-refractivity contribution is 6.35. The minimum absolute atomic E-state index is 0.0368. The largest absolute Gasteiger partial charge is 0.351 e. The number of amides is 2. The lowest BCUT2D eigenvalue weighted by Crippen LogP contribution is -2.47. The number of carbonyl (C=O) groups excluding carboxylic acids is 2. The molecule has 5 rings (SSSR count). The number of likely N-dealkylation sites (N-methyl/N-ethyl adjacent to an activating group) is 1. The molecule has 3 N–H and O–H groups in total. The molecule has 11 heteroatoms. The standard InChI is InChI=1S/C24H23ClFN7O2/c1-13-9-19(24(35)33-7-5-32(2)6-8-33)30-18(13)11-15-20-21(27-12-28-22(20)31-23(15)34)29-14-3-4-17(26)16(25)10-14/h3-4,9-12,30H,5-8H2,1-2H3,(H2,27,28,29,31,34). The van der Waals surface area contributed by atoms with E-state index in [0.29, 0.717) is 52.9 Å². The minimum atomic E-state index is -0.535. The average Bonchev–Trinajstić information content (AvgIpc) is 3.36. The number of nitrogens with one attached hydrogen (secondary N) is 3. The van der Waals surface area contributed by atoms with Crippen LogP contribution in [0.3, 0.4) is 0 Å². The third kappa shape index (κ3) is 4.50. The van der Waals surface area contributed by atoms with Crippen molar-refractivity contribution in [3.8, 4) is 0 Å². The third-order valence-corrected chi connectivity index (χ3v) is 6.43. The summed E-state index contributed by atoms with van der Waals surface area (Å²) in [4.78, 5) is 41.4. The molecule has 2 amide bonds. The topological polar surface area (TPSA) is 106 Å². The summed E-state index contributed by atoms with van der Waals surface area (Å²) < 4.78 is 13.6. The molecule has 1 fully saturated rings. The summed E-state index contributed by atoms with van der Waals surface area (Å²) in [6.07, 6.45) is 3.01. The Kier molecular flexibility index (Phi) is 6.00. The predicted molar refractivity (Wildman–Crippen MR) is 132 cm³/mol. The second kappa shape index (κ2) is 9.12. The van der Waals surface area contributed by atoms with Gasteiger partial charge in [-0.3, -0.25) is 9.59 Å². The second-order valence-electron chi connectivity index (χ2n) is 8.59. The van der Waals surface area contributed by atoms with Gasteiger partial charge in [-0.15, -0.1) is 0 Å². The molecular formula is C24H23ClFN7O2. The minimum Gasteiger partial charge on any atom is -0.351 e. The second-order valence-corrected chi connectivity index (χ2v) is 8.99. The number of benzene rings is 1. The van der Waals surface area contributed by atoms with E-state index < -0.39 is 5.82 Å². The van der Waals surface area contributed by atoms with E-state index in [1.165, 1.54) is 24.5 Å². The molecule has 0 atom stereocenters. The lowest BCUT2D eigenvalue weighted by atomic mass is 10.1. The highest BCUT2D eigenvalue weighted by atomic mass is 35.5. The number of nitrogens with zero attached hydrogens (tertiary/aromatic N) is 4. The van der Waals surface area contributed by atoms with E-state index in [2.05, 4.69) is 30.5 Å². The first-order valence-electron chi connectivity index (χ1n) is 11.1. The van der Waals surface area contributed by atoms with Crippen LogP contribution >= 0.6 is 11.6 Å². The highest BCUT2D eigenvalue weighted by Gasteiger charge is 2.30.